The van der Waals surface area contributed by atoms with Crippen molar-refractivity contribution >= 4 is 13.7 Å². The van der Waals surface area contributed by atoms with Gasteiger partial charge in [0, 0.05) is 37.2 Å². The molecule has 1 aromatic heterocycles. The summed E-state index contributed by atoms with van der Waals surface area (Å²) in [4.78, 5) is 38.7. The van der Waals surface area contributed by atoms with Crippen LogP contribution in [0.4, 0.5) is 52.7 Å². The highest BCUT2D eigenvalue weighted by molar-refractivity contribution is 7.45. The molecule has 3 aromatic rings. The molecule has 9 nitrogen and oxygen atoms in total. The summed E-state index contributed by atoms with van der Waals surface area (Å²) in [5.41, 5.74) is -0.582. The number of nitrogens with zero attached hydrogens (tertiary/aromatic N) is 3. The summed E-state index contributed by atoms with van der Waals surface area (Å²) in [6.07, 6.45) is -16.8. The molecule has 1 amide bonds. The van der Waals surface area contributed by atoms with Crippen LogP contribution in [-0.2, 0) is 47.4 Å². The maximum atomic E-state index is 14.0. The van der Waals surface area contributed by atoms with E-state index in [4.69, 9.17) is 25.0 Å². The number of rotatable bonds is 5. The van der Waals surface area contributed by atoms with Gasteiger partial charge in [-0.1, -0.05) is 6.07 Å². The van der Waals surface area contributed by atoms with E-state index in [-0.39, 0.29) is 30.3 Å². The van der Waals surface area contributed by atoms with Crippen LogP contribution in [0.2, 0.25) is 0 Å². The first-order valence-corrected chi connectivity index (χ1v) is 14.2. The minimum Gasteiger partial charge on any atom is -0.335 e. The lowest BCUT2D eigenvalue weighted by molar-refractivity contribution is -0.148. The molecule has 0 saturated carbocycles. The number of phosphoric acid groups is 1. The molecule has 0 unspecified atom stereocenters. The van der Waals surface area contributed by atoms with Crippen molar-refractivity contribution < 1.29 is 76.7 Å². The van der Waals surface area contributed by atoms with Crippen molar-refractivity contribution in [2.24, 2.45) is 5.73 Å². The number of alkyl halides is 9. The Morgan fingerprint density at radius 2 is 1.45 bits per heavy atom. The van der Waals surface area contributed by atoms with Gasteiger partial charge >= 0.3 is 26.4 Å². The zero-order chi connectivity index (χ0) is 35.9. The first-order valence-electron chi connectivity index (χ1n) is 12.7. The van der Waals surface area contributed by atoms with Gasteiger partial charge in [-0.25, -0.2) is 22.7 Å². The summed E-state index contributed by atoms with van der Waals surface area (Å²) >= 11 is 0. The Kier molecular flexibility index (Phi) is 10.8. The molecule has 22 heteroatoms. The number of amides is 1. The summed E-state index contributed by atoms with van der Waals surface area (Å²) in [5.74, 6) is -6.40. The lowest BCUT2D eigenvalue weighted by Gasteiger charge is -2.30. The SMILES string of the molecule is N[C@@H](CC(=O)N1CCn2c(C(F)(F)F)nc(-c3ccc(C(F)(F)F)cc3C(F)(F)F)c2C1)Cc1cc(F)c(F)cc1F.O=P(O)(O)O. The number of halogens is 12. The third-order valence-electron chi connectivity index (χ3n) is 6.53. The fourth-order valence-electron chi connectivity index (χ4n) is 4.60. The number of aromatic nitrogens is 2. The van der Waals surface area contributed by atoms with Gasteiger partial charge in [-0.15, -0.1) is 0 Å². The average Bonchev–Trinajstić information content (AvgIpc) is 3.29. The Bertz CT molecular complexity index is 1680. The van der Waals surface area contributed by atoms with Crippen molar-refractivity contribution in [2.75, 3.05) is 6.54 Å². The largest absolute Gasteiger partial charge is 0.466 e. The second-order valence-corrected chi connectivity index (χ2v) is 11.0. The van der Waals surface area contributed by atoms with Crippen LogP contribution >= 0.6 is 7.82 Å². The number of hydrogen-bond acceptors (Lipinski definition) is 4. The summed E-state index contributed by atoms with van der Waals surface area (Å²) in [6, 6.07) is 0.0355. The Hall–Kier alpha value is -3.65. The Morgan fingerprint density at radius 1 is 0.872 bits per heavy atom. The van der Waals surface area contributed by atoms with Gasteiger partial charge in [-0.05, 0) is 30.2 Å². The van der Waals surface area contributed by atoms with Crippen molar-refractivity contribution in [1.82, 2.24) is 14.5 Å². The zero-order valence-electron chi connectivity index (χ0n) is 23.1. The van der Waals surface area contributed by atoms with Crippen LogP contribution in [-0.4, -0.2) is 47.6 Å². The van der Waals surface area contributed by atoms with E-state index in [9.17, 15) is 57.5 Å². The van der Waals surface area contributed by atoms with E-state index in [0.29, 0.717) is 16.7 Å². The number of fused-ring (bicyclic) bond motifs is 1. The quantitative estimate of drug-likeness (QED) is 0.158. The van der Waals surface area contributed by atoms with Crippen LogP contribution in [0.5, 0.6) is 0 Å². The van der Waals surface area contributed by atoms with Gasteiger partial charge < -0.3 is 29.9 Å². The van der Waals surface area contributed by atoms with Crippen LogP contribution in [0.1, 0.15) is 34.6 Å². The molecule has 2 aromatic carbocycles. The predicted octanol–water partition coefficient (Wildman–Crippen LogP) is 5.40. The smallest absolute Gasteiger partial charge is 0.335 e. The summed E-state index contributed by atoms with van der Waals surface area (Å²) in [7, 11) is -4.64. The fourth-order valence-corrected chi connectivity index (χ4v) is 4.60. The van der Waals surface area contributed by atoms with Gasteiger partial charge in [0.05, 0.1) is 29.1 Å². The lowest BCUT2D eigenvalue weighted by atomic mass is 9.98. The Morgan fingerprint density at radius 3 is 1.98 bits per heavy atom. The number of hydrogen-bond donors (Lipinski definition) is 4. The van der Waals surface area contributed by atoms with Gasteiger partial charge in [-0.3, -0.25) is 4.79 Å². The van der Waals surface area contributed by atoms with E-state index in [1.165, 1.54) is 0 Å². The highest BCUT2D eigenvalue weighted by Crippen LogP contribution is 2.43. The molecule has 0 fully saturated rings. The monoisotopic (exact) mass is 716 g/mol. The van der Waals surface area contributed by atoms with Crippen LogP contribution < -0.4 is 5.73 Å². The van der Waals surface area contributed by atoms with Crippen molar-refractivity contribution in [2.45, 2.75) is 50.5 Å². The van der Waals surface area contributed by atoms with Crippen LogP contribution in [0.25, 0.3) is 11.3 Å². The third kappa shape index (κ3) is 9.69. The van der Waals surface area contributed by atoms with E-state index in [1.54, 1.807) is 0 Å². The third-order valence-corrected chi connectivity index (χ3v) is 6.53. The maximum Gasteiger partial charge on any atom is 0.466 e. The topological polar surface area (TPSA) is 142 Å². The molecule has 0 radical (unpaired) electrons. The van der Waals surface area contributed by atoms with Crippen molar-refractivity contribution in [3.63, 3.8) is 0 Å². The second kappa shape index (κ2) is 13.5. The van der Waals surface area contributed by atoms with Gasteiger partial charge in [0.25, 0.3) is 0 Å². The second-order valence-electron chi connectivity index (χ2n) is 9.99. The molecular weight excluding hydrogens is 695 g/mol. The van der Waals surface area contributed by atoms with Gasteiger partial charge in [0.15, 0.2) is 11.6 Å². The van der Waals surface area contributed by atoms with E-state index in [1.807, 2.05) is 0 Å². The predicted molar refractivity (Wildman–Crippen MR) is 135 cm³/mol. The summed E-state index contributed by atoms with van der Waals surface area (Å²) < 4.78 is 172. The van der Waals surface area contributed by atoms with Gasteiger partial charge in [0.1, 0.15) is 5.82 Å². The lowest BCUT2D eigenvalue weighted by Crippen LogP contribution is -2.42. The van der Waals surface area contributed by atoms with Crippen LogP contribution in [0.3, 0.4) is 0 Å². The van der Waals surface area contributed by atoms with Crippen molar-refractivity contribution in [3.8, 4) is 11.3 Å². The molecule has 260 valence electrons. The van der Waals surface area contributed by atoms with Crippen LogP contribution in [0.15, 0.2) is 30.3 Å². The highest BCUT2D eigenvalue weighted by atomic mass is 31.2. The van der Waals surface area contributed by atoms with Crippen LogP contribution in [0, 0.1) is 17.5 Å². The molecule has 2 heterocycles. The standard InChI is InChI=1S/C25H18F12N4O.H3O4P/c26-16-9-18(28)17(27)6-11(16)5-13(38)8-20(42)40-3-4-41-19(10-40)21(39-22(41)25(35,36)37)14-2-1-12(23(29,30)31)7-15(14)24(32,33)34;1-5(2,3)4/h1-2,6-7,9,13H,3-5,8,10,38H2;(H3,1,2,3,4)/t13-;/m1./s1. The molecule has 1 atom stereocenters. The fraction of sp³-hybridized carbons (Fsp3) is 0.360. The minimum absolute atomic E-state index is 0.240. The van der Waals surface area contributed by atoms with E-state index in [0.717, 1.165) is 4.90 Å². The maximum absolute atomic E-state index is 14.0. The van der Waals surface area contributed by atoms with E-state index >= 15 is 0 Å². The van der Waals surface area contributed by atoms with Gasteiger partial charge in [0.2, 0.25) is 11.7 Å². The minimum atomic E-state index is -5.42. The molecule has 1 aliphatic heterocycles. The molecule has 0 bridgehead atoms. The van der Waals surface area contributed by atoms with Crippen molar-refractivity contribution in [3.05, 3.63) is 76.0 Å². The van der Waals surface area contributed by atoms with E-state index < -0.39 is 116 Å². The molecule has 0 saturated heterocycles. The summed E-state index contributed by atoms with van der Waals surface area (Å²) in [5, 5.41) is 0. The average molecular weight is 716 g/mol. The normalized spacial score (nSPS) is 14.8. The number of nitrogens with two attached hydrogens (primary N) is 1. The first-order chi connectivity index (χ1) is 21.3. The molecule has 0 aliphatic carbocycles. The molecular formula is C25H21F12N4O5P. The molecule has 1 aliphatic rings. The molecule has 5 N–H and O–H groups in total. The Labute approximate surface area is 255 Å². The van der Waals surface area contributed by atoms with Gasteiger partial charge in [-0.2, -0.15) is 39.5 Å². The van der Waals surface area contributed by atoms with E-state index in [2.05, 4.69) is 4.98 Å². The molecule has 47 heavy (non-hydrogen) atoms. The number of imidazole rings is 1. The summed E-state index contributed by atoms with van der Waals surface area (Å²) in [6.45, 7) is -1.68. The highest BCUT2D eigenvalue weighted by Gasteiger charge is 2.44. The number of benzene rings is 2. The first kappa shape index (κ1) is 37.8. The molecule has 4 rings (SSSR count). The molecule has 0 spiro atoms. The van der Waals surface area contributed by atoms with Crippen molar-refractivity contribution in [1.29, 1.82) is 0 Å². The Balaban J connectivity index is 0.00000111. The zero-order valence-corrected chi connectivity index (χ0v) is 24.0. The number of carbonyl (C=O) groups is 1. The number of carbonyl (C=O) groups excluding carboxylic acids is 1.